The van der Waals surface area contributed by atoms with Crippen LogP contribution in [0.15, 0.2) is 47.6 Å². The zero-order chi connectivity index (χ0) is 19.6. The van der Waals surface area contributed by atoms with Gasteiger partial charge in [0.05, 0.1) is 39.3 Å². The number of sulfonamides is 1. The Balaban J connectivity index is 2.01. The smallest absolute Gasteiger partial charge is 0.247 e. The Labute approximate surface area is 159 Å². The maximum Gasteiger partial charge on any atom is 0.247 e. The minimum Gasteiger partial charge on any atom is -0.497 e. The molecular weight excluding hydrogens is 368 g/mol. The van der Waals surface area contributed by atoms with Crippen molar-refractivity contribution in [2.75, 3.05) is 27.6 Å². The van der Waals surface area contributed by atoms with Gasteiger partial charge >= 0.3 is 0 Å². The summed E-state index contributed by atoms with van der Waals surface area (Å²) in [6.45, 7) is 0. The molecule has 0 saturated carbocycles. The molecule has 7 nitrogen and oxygen atoms in total. The van der Waals surface area contributed by atoms with Crippen LogP contribution in [0.25, 0.3) is 0 Å². The summed E-state index contributed by atoms with van der Waals surface area (Å²) in [7, 11) is 1.16. The maximum absolute atomic E-state index is 12.3. The van der Waals surface area contributed by atoms with Gasteiger partial charge in [0.25, 0.3) is 0 Å². The van der Waals surface area contributed by atoms with E-state index in [-0.39, 0.29) is 0 Å². The van der Waals surface area contributed by atoms with Gasteiger partial charge in [-0.3, -0.25) is 0 Å². The van der Waals surface area contributed by atoms with Gasteiger partial charge in [0.1, 0.15) is 17.2 Å². The average molecular weight is 390 g/mol. The molecule has 1 atom stereocenters. The molecule has 3 rings (SSSR count). The van der Waals surface area contributed by atoms with E-state index in [0.717, 1.165) is 27.5 Å². The van der Waals surface area contributed by atoms with Gasteiger partial charge in [0.2, 0.25) is 10.0 Å². The van der Waals surface area contributed by atoms with Crippen LogP contribution in [0.2, 0.25) is 0 Å². The van der Waals surface area contributed by atoms with E-state index in [1.54, 1.807) is 39.5 Å². The molecule has 1 aliphatic heterocycles. The maximum atomic E-state index is 12.3. The highest BCUT2D eigenvalue weighted by Gasteiger charge is 2.35. The van der Waals surface area contributed by atoms with E-state index in [1.807, 2.05) is 24.3 Å². The lowest BCUT2D eigenvalue weighted by molar-refractivity contribution is 0.364. The van der Waals surface area contributed by atoms with Crippen LogP contribution in [0.4, 0.5) is 0 Å². The Morgan fingerprint density at radius 1 is 0.926 bits per heavy atom. The lowest BCUT2D eigenvalue weighted by atomic mass is 9.98. The summed E-state index contributed by atoms with van der Waals surface area (Å²) < 4.78 is 41.6. The summed E-state index contributed by atoms with van der Waals surface area (Å²) in [5.41, 5.74) is 2.29. The van der Waals surface area contributed by atoms with Gasteiger partial charge in [-0.25, -0.2) is 8.42 Å². The molecule has 0 aromatic heterocycles. The van der Waals surface area contributed by atoms with Crippen LogP contribution in [0, 0.1) is 0 Å². The first-order valence-corrected chi connectivity index (χ1v) is 10.1. The van der Waals surface area contributed by atoms with E-state index in [9.17, 15) is 8.42 Å². The highest BCUT2D eigenvalue weighted by atomic mass is 32.2. The second-order valence-electron chi connectivity index (χ2n) is 6.18. The molecule has 27 heavy (non-hydrogen) atoms. The average Bonchev–Trinajstić information content (AvgIpc) is 3.13. The highest BCUT2D eigenvalue weighted by molar-refractivity contribution is 7.88. The van der Waals surface area contributed by atoms with Crippen molar-refractivity contribution in [3.63, 3.8) is 0 Å². The van der Waals surface area contributed by atoms with Gasteiger partial charge in [-0.1, -0.05) is 0 Å². The highest BCUT2D eigenvalue weighted by Crippen LogP contribution is 2.37. The molecule has 0 fully saturated rings. The molecule has 1 aliphatic rings. The van der Waals surface area contributed by atoms with Crippen LogP contribution in [-0.2, 0) is 10.0 Å². The molecule has 0 bridgehead atoms. The fourth-order valence-corrected chi connectivity index (χ4v) is 3.93. The predicted octanol–water partition coefficient (Wildman–Crippen LogP) is 2.82. The number of rotatable bonds is 6. The van der Waals surface area contributed by atoms with E-state index >= 15 is 0 Å². The van der Waals surface area contributed by atoms with Crippen LogP contribution in [0.3, 0.4) is 0 Å². The standard InChI is InChI=1S/C19H22N2O5S/c1-24-15-7-5-13(6-8-15)18-12-19(21(20-18)27(4,22)23)14-9-16(25-2)11-17(10-14)26-3/h5-11,19H,12H2,1-4H3/t19-/m1/s1. The van der Waals surface area contributed by atoms with Gasteiger partial charge in [-0.05, 0) is 47.5 Å². The second-order valence-corrected chi connectivity index (χ2v) is 8.02. The summed E-state index contributed by atoms with van der Waals surface area (Å²) >= 11 is 0. The Kier molecular flexibility index (Phi) is 5.27. The number of methoxy groups -OCH3 is 3. The van der Waals surface area contributed by atoms with Crippen molar-refractivity contribution >= 4 is 15.7 Å². The largest absolute Gasteiger partial charge is 0.497 e. The topological polar surface area (TPSA) is 77.4 Å². The molecule has 0 unspecified atom stereocenters. The van der Waals surface area contributed by atoms with Crippen LogP contribution in [0.1, 0.15) is 23.6 Å². The van der Waals surface area contributed by atoms with Crippen molar-refractivity contribution in [1.29, 1.82) is 0 Å². The van der Waals surface area contributed by atoms with Crippen molar-refractivity contribution in [1.82, 2.24) is 4.41 Å². The van der Waals surface area contributed by atoms with Crippen molar-refractivity contribution in [3.05, 3.63) is 53.6 Å². The third-order valence-electron chi connectivity index (χ3n) is 4.39. The fraction of sp³-hybridized carbons (Fsp3) is 0.316. The molecule has 0 aliphatic carbocycles. The monoisotopic (exact) mass is 390 g/mol. The quantitative estimate of drug-likeness (QED) is 0.758. The molecular formula is C19H22N2O5S. The van der Waals surface area contributed by atoms with Crippen molar-refractivity contribution in [2.24, 2.45) is 5.10 Å². The van der Waals surface area contributed by atoms with Gasteiger partial charge in [0, 0.05) is 12.5 Å². The van der Waals surface area contributed by atoms with Crippen LogP contribution in [-0.4, -0.2) is 46.1 Å². The summed E-state index contributed by atoms with van der Waals surface area (Å²) in [4.78, 5) is 0. The fourth-order valence-electron chi connectivity index (χ4n) is 3.02. The SMILES string of the molecule is COc1ccc(C2=NN(S(C)(=O)=O)[C@@H](c3cc(OC)cc(OC)c3)C2)cc1. The van der Waals surface area contributed by atoms with E-state index in [1.165, 1.54) is 0 Å². The predicted molar refractivity (Wildman–Crippen MR) is 103 cm³/mol. The zero-order valence-electron chi connectivity index (χ0n) is 15.7. The molecule has 0 radical (unpaired) electrons. The third kappa shape index (κ3) is 4.00. The molecule has 0 N–H and O–H groups in total. The normalized spacial score (nSPS) is 16.8. The Morgan fingerprint density at radius 3 is 1.96 bits per heavy atom. The summed E-state index contributed by atoms with van der Waals surface area (Å²) in [5, 5.41) is 4.39. The van der Waals surface area contributed by atoms with E-state index < -0.39 is 16.1 Å². The van der Waals surface area contributed by atoms with Crippen LogP contribution in [0.5, 0.6) is 17.2 Å². The minimum atomic E-state index is -3.55. The first kappa shape index (κ1) is 19.0. The van der Waals surface area contributed by atoms with Gasteiger partial charge in [0.15, 0.2) is 0 Å². The van der Waals surface area contributed by atoms with Crippen molar-refractivity contribution < 1.29 is 22.6 Å². The zero-order valence-corrected chi connectivity index (χ0v) is 16.5. The van der Waals surface area contributed by atoms with Crippen LogP contribution >= 0.6 is 0 Å². The third-order valence-corrected chi connectivity index (χ3v) is 5.41. The van der Waals surface area contributed by atoms with E-state index in [0.29, 0.717) is 23.6 Å². The number of nitrogens with zero attached hydrogens (tertiary/aromatic N) is 2. The Morgan fingerprint density at radius 2 is 1.48 bits per heavy atom. The molecule has 2 aromatic rings. The Hall–Kier alpha value is -2.74. The van der Waals surface area contributed by atoms with Crippen molar-refractivity contribution in [3.8, 4) is 17.2 Å². The summed E-state index contributed by atoms with van der Waals surface area (Å²) in [5.74, 6) is 1.91. The van der Waals surface area contributed by atoms with E-state index in [4.69, 9.17) is 14.2 Å². The minimum absolute atomic E-state index is 0.440. The van der Waals surface area contributed by atoms with E-state index in [2.05, 4.69) is 5.10 Å². The van der Waals surface area contributed by atoms with Crippen LogP contribution < -0.4 is 14.2 Å². The molecule has 0 spiro atoms. The van der Waals surface area contributed by atoms with Gasteiger partial charge in [-0.15, -0.1) is 0 Å². The number of hydrazone groups is 1. The summed E-state index contributed by atoms with van der Waals surface area (Å²) in [6, 6.07) is 12.3. The van der Waals surface area contributed by atoms with Crippen molar-refractivity contribution in [2.45, 2.75) is 12.5 Å². The molecule has 144 valence electrons. The number of hydrogen-bond acceptors (Lipinski definition) is 6. The first-order chi connectivity index (χ1) is 12.9. The number of ether oxygens (including phenoxy) is 3. The number of hydrogen-bond donors (Lipinski definition) is 0. The summed E-state index contributed by atoms with van der Waals surface area (Å²) in [6.07, 6.45) is 1.59. The number of benzene rings is 2. The second kappa shape index (κ2) is 7.48. The van der Waals surface area contributed by atoms with Gasteiger partial charge in [-0.2, -0.15) is 9.52 Å². The van der Waals surface area contributed by atoms with Gasteiger partial charge < -0.3 is 14.2 Å². The molecule has 0 saturated heterocycles. The molecule has 8 heteroatoms. The molecule has 1 heterocycles. The lowest BCUT2D eigenvalue weighted by Crippen LogP contribution is -2.26. The molecule has 0 amide bonds. The molecule has 2 aromatic carbocycles. The lowest BCUT2D eigenvalue weighted by Gasteiger charge is -2.22. The Bertz CT molecular complexity index is 932. The first-order valence-electron chi connectivity index (χ1n) is 8.30.